The van der Waals surface area contributed by atoms with Crippen LogP contribution in [0, 0.1) is 0 Å². The van der Waals surface area contributed by atoms with E-state index in [9.17, 15) is 0 Å². The van der Waals surface area contributed by atoms with Crippen molar-refractivity contribution in [2.45, 2.75) is 18.9 Å². The molecule has 3 rings (SSSR count). The summed E-state index contributed by atoms with van der Waals surface area (Å²) in [6.45, 7) is 9.39. The predicted octanol–water partition coefficient (Wildman–Crippen LogP) is 1.65. The summed E-state index contributed by atoms with van der Waals surface area (Å²) in [4.78, 5) is 5.09. The highest BCUT2D eigenvalue weighted by atomic mass is 16.5. The molecule has 2 aliphatic heterocycles. The summed E-state index contributed by atoms with van der Waals surface area (Å²) in [5.41, 5.74) is 1.38. The molecule has 1 atom stereocenters. The third-order valence-electron chi connectivity index (χ3n) is 4.58. The lowest BCUT2D eigenvalue weighted by Crippen LogP contribution is -2.44. The molecule has 2 aliphatic rings. The molecule has 0 amide bonds. The van der Waals surface area contributed by atoms with E-state index in [4.69, 9.17) is 9.47 Å². The molecule has 0 bridgehead atoms. The van der Waals surface area contributed by atoms with Crippen molar-refractivity contribution in [1.82, 2.24) is 9.80 Å². The average molecular weight is 304 g/mol. The van der Waals surface area contributed by atoms with Gasteiger partial charge in [0.05, 0.1) is 25.9 Å². The van der Waals surface area contributed by atoms with Gasteiger partial charge < -0.3 is 9.47 Å². The summed E-state index contributed by atoms with van der Waals surface area (Å²) in [5.74, 6) is 0. The second kappa shape index (κ2) is 8.63. The van der Waals surface area contributed by atoms with Crippen LogP contribution in [-0.2, 0) is 15.9 Å². The van der Waals surface area contributed by atoms with E-state index >= 15 is 0 Å². The molecule has 1 aromatic carbocycles. The molecule has 0 radical (unpaired) electrons. The van der Waals surface area contributed by atoms with Gasteiger partial charge in [-0.3, -0.25) is 9.80 Å². The van der Waals surface area contributed by atoms with Gasteiger partial charge in [0.25, 0.3) is 0 Å². The number of ether oxygens (including phenoxy) is 2. The molecule has 0 saturated carbocycles. The quantitative estimate of drug-likeness (QED) is 0.798. The molecule has 0 aromatic heterocycles. The van der Waals surface area contributed by atoms with Crippen LogP contribution >= 0.6 is 0 Å². The maximum Gasteiger partial charge on any atom is 0.0742 e. The standard InChI is InChI=1S/C18H28N2O2/c1-2-5-17(6-3-1)15-18-16-20(11-14-22-18)8-4-7-19-9-12-21-13-10-19/h1-3,5-6,18H,4,7-16H2/t18-/m1/s1. The van der Waals surface area contributed by atoms with Gasteiger partial charge in [-0.05, 0) is 31.5 Å². The lowest BCUT2D eigenvalue weighted by Gasteiger charge is -2.34. The Kier molecular flexibility index (Phi) is 6.25. The second-order valence-corrected chi connectivity index (χ2v) is 6.29. The molecule has 0 spiro atoms. The number of hydrogen-bond donors (Lipinski definition) is 0. The van der Waals surface area contributed by atoms with E-state index in [1.54, 1.807) is 0 Å². The second-order valence-electron chi connectivity index (χ2n) is 6.29. The summed E-state index contributed by atoms with van der Waals surface area (Å²) in [6.07, 6.45) is 2.62. The zero-order chi connectivity index (χ0) is 15.0. The first-order valence-electron chi connectivity index (χ1n) is 8.58. The molecule has 0 unspecified atom stereocenters. The molecule has 0 aliphatic carbocycles. The molecule has 4 nitrogen and oxygen atoms in total. The minimum Gasteiger partial charge on any atom is -0.379 e. The van der Waals surface area contributed by atoms with E-state index in [1.807, 2.05) is 0 Å². The summed E-state index contributed by atoms with van der Waals surface area (Å²) >= 11 is 0. The molecular weight excluding hydrogens is 276 g/mol. The molecule has 22 heavy (non-hydrogen) atoms. The summed E-state index contributed by atoms with van der Waals surface area (Å²) in [5, 5.41) is 0. The van der Waals surface area contributed by atoms with Crippen LogP contribution in [0.2, 0.25) is 0 Å². The van der Waals surface area contributed by atoms with E-state index in [-0.39, 0.29) is 0 Å². The highest BCUT2D eigenvalue weighted by molar-refractivity contribution is 5.15. The molecule has 1 aromatic rings. The van der Waals surface area contributed by atoms with Crippen LogP contribution in [0.5, 0.6) is 0 Å². The van der Waals surface area contributed by atoms with Crippen molar-refractivity contribution in [3.8, 4) is 0 Å². The van der Waals surface area contributed by atoms with Crippen molar-refractivity contribution in [3.05, 3.63) is 35.9 Å². The van der Waals surface area contributed by atoms with E-state index in [0.29, 0.717) is 6.10 Å². The van der Waals surface area contributed by atoms with Crippen molar-refractivity contribution in [3.63, 3.8) is 0 Å². The van der Waals surface area contributed by atoms with Crippen molar-refractivity contribution < 1.29 is 9.47 Å². The smallest absolute Gasteiger partial charge is 0.0742 e. The molecule has 2 saturated heterocycles. The Labute approximate surface area is 134 Å². The molecular formula is C18H28N2O2. The van der Waals surface area contributed by atoms with Crippen LogP contribution in [0.4, 0.5) is 0 Å². The SMILES string of the molecule is c1ccc(C[C@@H]2CN(CCCN3CCOCC3)CCO2)cc1. The number of hydrogen-bond acceptors (Lipinski definition) is 4. The highest BCUT2D eigenvalue weighted by Gasteiger charge is 2.20. The lowest BCUT2D eigenvalue weighted by molar-refractivity contribution is -0.0293. The first-order valence-corrected chi connectivity index (χ1v) is 8.58. The normalized spacial score (nSPS) is 24.5. The molecule has 2 fully saturated rings. The Morgan fingerprint density at radius 3 is 2.45 bits per heavy atom. The Bertz CT molecular complexity index is 420. The maximum atomic E-state index is 5.94. The van der Waals surface area contributed by atoms with Crippen molar-refractivity contribution in [1.29, 1.82) is 0 Å². The van der Waals surface area contributed by atoms with Gasteiger partial charge in [0.2, 0.25) is 0 Å². The predicted molar refractivity (Wildman–Crippen MR) is 88.2 cm³/mol. The Balaban J connectivity index is 1.37. The fourth-order valence-corrected chi connectivity index (χ4v) is 3.33. The van der Waals surface area contributed by atoms with Crippen LogP contribution in [0.3, 0.4) is 0 Å². The van der Waals surface area contributed by atoms with E-state index in [2.05, 4.69) is 40.1 Å². The number of nitrogens with zero attached hydrogens (tertiary/aromatic N) is 2. The van der Waals surface area contributed by atoms with Crippen LogP contribution < -0.4 is 0 Å². The van der Waals surface area contributed by atoms with Gasteiger partial charge in [-0.1, -0.05) is 30.3 Å². The van der Waals surface area contributed by atoms with Gasteiger partial charge in [-0.15, -0.1) is 0 Å². The van der Waals surface area contributed by atoms with Crippen molar-refractivity contribution in [2.24, 2.45) is 0 Å². The zero-order valence-corrected chi connectivity index (χ0v) is 13.5. The summed E-state index contributed by atoms with van der Waals surface area (Å²) in [6, 6.07) is 10.7. The monoisotopic (exact) mass is 304 g/mol. The lowest BCUT2D eigenvalue weighted by atomic mass is 10.1. The number of morpholine rings is 2. The van der Waals surface area contributed by atoms with Crippen LogP contribution in [0.1, 0.15) is 12.0 Å². The number of benzene rings is 1. The topological polar surface area (TPSA) is 24.9 Å². The van der Waals surface area contributed by atoms with Gasteiger partial charge in [0, 0.05) is 26.2 Å². The zero-order valence-electron chi connectivity index (χ0n) is 13.5. The first-order chi connectivity index (χ1) is 10.9. The highest BCUT2D eigenvalue weighted by Crippen LogP contribution is 2.12. The Hall–Kier alpha value is -0.940. The molecule has 122 valence electrons. The maximum absolute atomic E-state index is 5.94. The van der Waals surface area contributed by atoms with Crippen molar-refractivity contribution >= 4 is 0 Å². The van der Waals surface area contributed by atoms with Crippen LogP contribution in [0.15, 0.2) is 30.3 Å². The van der Waals surface area contributed by atoms with E-state index < -0.39 is 0 Å². The largest absolute Gasteiger partial charge is 0.379 e. The Morgan fingerprint density at radius 2 is 1.64 bits per heavy atom. The third-order valence-corrected chi connectivity index (χ3v) is 4.58. The van der Waals surface area contributed by atoms with Crippen LogP contribution in [-0.4, -0.2) is 75.0 Å². The van der Waals surface area contributed by atoms with Gasteiger partial charge in [0.1, 0.15) is 0 Å². The fraction of sp³-hybridized carbons (Fsp3) is 0.667. The first kappa shape index (κ1) is 15.9. The van der Waals surface area contributed by atoms with Gasteiger partial charge in [-0.2, -0.15) is 0 Å². The van der Waals surface area contributed by atoms with Crippen LogP contribution in [0.25, 0.3) is 0 Å². The molecule has 2 heterocycles. The fourth-order valence-electron chi connectivity index (χ4n) is 3.33. The third kappa shape index (κ3) is 5.06. The molecule has 4 heteroatoms. The minimum absolute atomic E-state index is 0.347. The van der Waals surface area contributed by atoms with E-state index in [1.165, 1.54) is 25.1 Å². The van der Waals surface area contributed by atoms with Gasteiger partial charge in [0.15, 0.2) is 0 Å². The minimum atomic E-state index is 0.347. The summed E-state index contributed by atoms with van der Waals surface area (Å²) < 4.78 is 11.3. The van der Waals surface area contributed by atoms with E-state index in [0.717, 1.165) is 52.4 Å². The average Bonchev–Trinajstić information content (AvgIpc) is 2.57. The summed E-state index contributed by atoms with van der Waals surface area (Å²) in [7, 11) is 0. The van der Waals surface area contributed by atoms with Gasteiger partial charge in [-0.25, -0.2) is 0 Å². The Morgan fingerprint density at radius 1 is 0.909 bits per heavy atom. The van der Waals surface area contributed by atoms with Gasteiger partial charge >= 0.3 is 0 Å². The van der Waals surface area contributed by atoms with Crippen molar-refractivity contribution in [2.75, 3.05) is 59.1 Å². The molecule has 0 N–H and O–H groups in total. The number of rotatable bonds is 6.